The molecule has 5 nitrogen and oxygen atoms in total. The van der Waals surface area contributed by atoms with E-state index >= 15 is 0 Å². The molecule has 0 fully saturated rings. The van der Waals surface area contributed by atoms with Crippen molar-refractivity contribution in [3.8, 4) is 11.1 Å². The highest BCUT2D eigenvalue weighted by Gasteiger charge is 2.31. The molecule has 2 aromatic heterocycles. The Morgan fingerprint density at radius 2 is 1.93 bits per heavy atom. The standard InChI is InChI=1S/C22H17N3O2/c26-12-13-4-3-7-18-19(13)14-5-1-2-6-15(14)20(18)25-22(27)17-9-11-24-21-16(17)8-10-23-21/h1-11,20,26H,12H2,(H,23,24)(H,25,27). The number of fused-ring (bicyclic) bond motifs is 4. The summed E-state index contributed by atoms with van der Waals surface area (Å²) in [7, 11) is 0. The molecule has 3 N–H and O–H groups in total. The van der Waals surface area contributed by atoms with Crippen LogP contribution in [0, 0.1) is 0 Å². The van der Waals surface area contributed by atoms with Crippen molar-refractivity contribution in [3.05, 3.63) is 89.2 Å². The SMILES string of the molecule is O=C(NC1c2ccccc2-c2c(CO)cccc21)c1ccnc2[nH]ccc12. The maximum atomic E-state index is 13.1. The number of hydrogen-bond donors (Lipinski definition) is 3. The van der Waals surface area contributed by atoms with E-state index in [0.29, 0.717) is 11.2 Å². The van der Waals surface area contributed by atoms with Crippen LogP contribution in [0.25, 0.3) is 22.2 Å². The van der Waals surface area contributed by atoms with Gasteiger partial charge in [-0.05, 0) is 39.9 Å². The highest BCUT2D eigenvalue weighted by atomic mass is 16.3. The third-order valence-electron chi connectivity index (χ3n) is 5.19. The van der Waals surface area contributed by atoms with E-state index in [4.69, 9.17) is 0 Å². The fourth-order valence-electron chi connectivity index (χ4n) is 3.99. The number of carbonyl (C=O) groups is 1. The van der Waals surface area contributed by atoms with Gasteiger partial charge in [0.25, 0.3) is 5.91 Å². The first kappa shape index (κ1) is 15.8. The molecule has 1 aliphatic rings. The minimum Gasteiger partial charge on any atom is -0.392 e. The zero-order chi connectivity index (χ0) is 18.4. The summed E-state index contributed by atoms with van der Waals surface area (Å²) in [5.41, 5.74) is 6.28. The number of carbonyl (C=O) groups excluding carboxylic acids is 1. The van der Waals surface area contributed by atoms with Gasteiger partial charge in [0, 0.05) is 17.8 Å². The quantitative estimate of drug-likeness (QED) is 0.526. The molecular weight excluding hydrogens is 338 g/mol. The van der Waals surface area contributed by atoms with Crippen LogP contribution in [0.3, 0.4) is 0 Å². The van der Waals surface area contributed by atoms with E-state index in [9.17, 15) is 9.90 Å². The van der Waals surface area contributed by atoms with E-state index in [1.807, 2.05) is 48.5 Å². The Kier molecular flexibility index (Phi) is 3.55. The van der Waals surface area contributed by atoms with Crippen LogP contribution in [0.1, 0.15) is 33.1 Å². The van der Waals surface area contributed by atoms with Crippen LogP contribution >= 0.6 is 0 Å². The summed E-state index contributed by atoms with van der Waals surface area (Å²) in [5, 5.41) is 13.7. The highest BCUT2D eigenvalue weighted by molar-refractivity contribution is 6.06. The average Bonchev–Trinajstić information content (AvgIpc) is 3.31. The predicted octanol–water partition coefficient (Wildman–Crippen LogP) is 3.56. The van der Waals surface area contributed by atoms with Crippen molar-refractivity contribution in [2.45, 2.75) is 12.6 Å². The Balaban J connectivity index is 1.60. The van der Waals surface area contributed by atoms with E-state index in [1.54, 1.807) is 18.5 Å². The first-order valence-corrected chi connectivity index (χ1v) is 8.83. The third kappa shape index (κ3) is 2.36. The maximum Gasteiger partial charge on any atom is 0.252 e. The van der Waals surface area contributed by atoms with Crippen LogP contribution in [-0.4, -0.2) is 21.0 Å². The lowest BCUT2D eigenvalue weighted by molar-refractivity contribution is 0.0945. The first-order chi connectivity index (χ1) is 13.3. The average molecular weight is 355 g/mol. The molecule has 5 heteroatoms. The van der Waals surface area contributed by atoms with E-state index in [-0.39, 0.29) is 18.6 Å². The lowest BCUT2D eigenvalue weighted by Crippen LogP contribution is -2.28. The van der Waals surface area contributed by atoms with Crippen molar-refractivity contribution in [2.24, 2.45) is 0 Å². The van der Waals surface area contributed by atoms with E-state index in [2.05, 4.69) is 15.3 Å². The second-order valence-corrected chi connectivity index (χ2v) is 6.63. The van der Waals surface area contributed by atoms with Crippen molar-refractivity contribution in [3.63, 3.8) is 0 Å². The molecule has 0 aliphatic heterocycles. The third-order valence-corrected chi connectivity index (χ3v) is 5.19. The Labute approximate surface area is 155 Å². The monoisotopic (exact) mass is 355 g/mol. The molecule has 0 spiro atoms. The maximum absolute atomic E-state index is 13.1. The summed E-state index contributed by atoms with van der Waals surface area (Å²) in [6, 6.07) is 17.2. The fourth-order valence-corrected chi connectivity index (χ4v) is 3.99. The molecule has 1 aliphatic carbocycles. The first-order valence-electron chi connectivity index (χ1n) is 8.83. The number of nitrogens with one attached hydrogen (secondary N) is 2. The number of H-pyrrole nitrogens is 1. The normalized spacial score (nSPS) is 14.8. The molecular formula is C22H17N3O2. The molecule has 1 atom stereocenters. The molecule has 0 saturated heterocycles. The smallest absolute Gasteiger partial charge is 0.252 e. The van der Waals surface area contributed by atoms with Gasteiger partial charge in [-0.15, -0.1) is 0 Å². The molecule has 1 unspecified atom stereocenters. The molecule has 0 saturated carbocycles. The second kappa shape index (κ2) is 6.07. The van der Waals surface area contributed by atoms with Gasteiger partial charge in [-0.3, -0.25) is 4.79 Å². The number of rotatable bonds is 3. The lowest BCUT2D eigenvalue weighted by atomic mass is 10.00. The summed E-state index contributed by atoms with van der Waals surface area (Å²) in [6.45, 7) is -0.0352. The molecule has 0 radical (unpaired) electrons. The summed E-state index contributed by atoms with van der Waals surface area (Å²) in [5.74, 6) is -0.149. The largest absolute Gasteiger partial charge is 0.392 e. The van der Waals surface area contributed by atoms with Gasteiger partial charge in [0.15, 0.2) is 0 Å². The minimum atomic E-state index is -0.252. The number of aromatic amines is 1. The van der Waals surface area contributed by atoms with E-state index in [1.165, 1.54) is 0 Å². The zero-order valence-electron chi connectivity index (χ0n) is 14.4. The van der Waals surface area contributed by atoms with Gasteiger partial charge in [0.1, 0.15) is 5.65 Å². The molecule has 1 amide bonds. The Hall–Kier alpha value is -3.44. The molecule has 0 bridgehead atoms. The molecule has 2 aromatic carbocycles. The number of aliphatic hydroxyl groups is 1. The van der Waals surface area contributed by atoms with Crippen LogP contribution in [0.4, 0.5) is 0 Å². The number of pyridine rings is 1. The van der Waals surface area contributed by atoms with Crippen molar-refractivity contribution in [2.75, 3.05) is 0 Å². The number of aromatic nitrogens is 2. The number of aliphatic hydroxyl groups excluding tert-OH is 1. The molecule has 27 heavy (non-hydrogen) atoms. The van der Waals surface area contributed by atoms with Gasteiger partial charge in [-0.1, -0.05) is 42.5 Å². The number of benzene rings is 2. The second-order valence-electron chi connectivity index (χ2n) is 6.63. The highest BCUT2D eigenvalue weighted by Crippen LogP contribution is 2.45. The van der Waals surface area contributed by atoms with Crippen LogP contribution < -0.4 is 5.32 Å². The van der Waals surface area contributed by atoms with Gasteiger partial charge < -0.3 is 15.4 Å². The van der Waals surface area contributed by atoms with E-state index < -0.39 is 0 Å². The van der Waals surface area contributed by atoms with E-state index in [0.717, 1.165) is 33.2 Å². The molecule has 4 aromatic rings. The van der Waals surface area contributed by atoms with Gasteiger partial charge >= 0.3 is 0 Å². The number of hydrogen-bond acceptors (Lipinski definition) is 3. The van der Waals surface area contributed by atoms with Crippen molar-refractivity contribution < 1.29 is 9.90 Å². The molecule has 132 valence electrons. The topological polar surface area (TPSA) is 78.0 Å². The number of amides is 1. The fraction of sp³-hybridized carbons (Fsp3) is 0.0909. The Morgan fingerprint density at radius 3 is 2.81 bits per heavy atom. The van der Waals surface area contributed by atoms with Crippen LogP contribution in [0.15, 0.2) is 67.0 Å². The number of nitrogens with zero attached hydrogens (tertiary/aromatic N) is 1. The van der Waals surface area contributed by atoms with Gasteiger partial charge in [-0.25, -0.2) is 4.98 Å². The van der Waals surface area contributed by atoms with Gasteiger partial charge in [0.2, 0.25) is 0 Å². The lowest BCUT2D eigenvalue weighted by Gasteiger charge is -2.16. The minimum absolute atomic E-state index is 0.0352. The predicted molar refractivity (Wildman–Crippen MR) is 103 cm³/mol. The van der Waals surface area contributed by atoms with Crippen LogP contribution in [0.2, 0.25) is 0 Å². The Morgan fingerprint density at radius 1 is 1.07 bits per heavy atom. The summed E-state index contributed by atoms with van der Waals surface area (Å²) >= 11 is 0. The van der Waals surface area contributed by atoms with Crippen molar-refractivity contribution >= 4 is 16.9 Å². The summed E-state index contributed by atoms with van der Waals surface area (Å²) in [6.07, 6.45) is 3.41. The van der Waals surface area contributed by atoms with Crippen LogP contribution in [0.5, 0.6) is 0 Å². The van der Waals surface area contributed by atoms with Crippen molar-refractivity contribution in [1.29, 1.82) is 0 Å². The zero-order valence-corrected chi connectivity index (χ0v) is 14.4. The van der Waals surface area contributed by atoms with Gasteiger partial charge in [-0.2, -0.15) is 0 Å². The molecule has 2 heterocycles. The Bertz CT molecular complexity index is 1180. The summed E-state index contributed by atoms with van der Waals surface area (Å²) in [4.78, 5) is 20.4. The summed E-state index contributed by atoms with van der Waals surface area (Å²) < 4.78 is 0. The van der Waals surface area contributed by atoms with Crippen LogP contribution in [-0.2, 0) is 6.61 Å². The van der Waals surface area contributed by atoms with Gasteiger partial charge in [0.05, 0.1) is 18.2 Å². The molecule has 5 rings (SSSR count). The van der Waals surface area contributed by atoms with Crippen molar-refractivity contribution in [1.82, 2.24) is 15.3 Å².